The van der Waals surface area contributed by atoms with Crippen molar-refractivity contribution >= 4 is 58.5 Å². The fraction of sp³-hybridized carbons (Fsp3) is 0.375. The van der Waals surface area contributed by atoms with Crippen LogP contribution in [0.3, 0.4) is 0 Å². The van der Waals surface area contributed by atoms with Gasteiger partial charge in [-0.05, 0) is 25.0 Å². The van der Waals surface area contributed by atoms with Crippen LogP contribution in [0.25, 0.3) is 11.3 Å². The first kappa shape index (κ1) is 29.6. The van der Waals surface area contributed by atoms with E-state index in [9.17, 15) is 14.4 Å². The molecule has 4 N–H and O–H groups in total. The lowest BCUT2D eigenvalue weighted by Crippen LogP contribution is -2.50. The van der Waals surface area contributed by atoms with E-state index in [1.165, 1.54) is 17.9 Å². The summed E-state index contributed by atoms with van der Waals surface area (Å²) in [6.07, 6.45) is 3.19. The predicted molar refractivity (Wildman–Crippen MR) is 151 cm³/mol. The standard InChI is InChI=1S/C24H26B3N9O5/c1-40-9-8-28-19(37)12-36-11-17(32-35-36)14-4-3-5-15(21(14)41-2)29-16-10-18(30-22(38)13-6-7-13)33-34-20(16)23(39)31-24(25,26)27/h3-5,10-11,13H,6-9,12H2,1-2H3,(H,28,37)(H,31,39)(H2,29,30,33,38). The van der Waals surface area contributed by atoms with Crippen molar-refractivity contribution in [1.29, 1.82) is 0 Å². The van der Waals surface area contributed by atoms with Crippen molar-refractivity contribution in [2.75, 3.05) is 38.0 Å². The molecule has 1 aliphatic rings. The predicted octanol–water partition coefficient (Wildman–Crippen LogP) is -0.555. The minimum absolute atomic E-state index is 0.0433. The Hall–Kier alpha value is -4.40. The lowest BCUT2D eigenvalue weighted by molar-refractivity contribution is -0.122. The molecule has 0 saturated heterocycles. The molecule has 0 bridgehead atoms. The second-order valence-corrected chi connectivity index (χ2v) is 9.30. The second-order valence-electron chi connectivity index (χ2n) is 9.30. The molecule has 3 aromatic rings. The zero-order valence-corrected chi connectivity index (χ0v) is 22.5. The highest BCUT2D eigenvalue weighted by molar-refractivity contribution is 6.60. The van der Waals surface area contributed by atoms with Crippen molar-refractivity contribution in [2.45, 2.75) is 24.6 Å². The van der Waals surface area contributed by atoms with Crippen LogP contribution in [0, 0.1) is 5.92 Å². The number of benzene rings is 1. The molecular weight excluding hydrogens is 527 g/mol. The molecule has 0 atom stereocenters. The molecule has 4 rings (SSSR count). The summed E-state index contributed by atoms with van der Waals surface area (Å²) in [6, 6.07) is 6.62. The van der Waals surface area contributed by atoms with E-state index in [1.54, 1.807) is 31.5 Å². The molecule has 2 heterocycles. The van der Waals surface area contributed by atoms with Crippen LogP contribution in [-0.4, -0.2) is 99.1 Å². The number of nitrogens with zero attached hydrogens (tertiary/aromatic N) is 5. The fourth-order valence-electron chi connectivity index (χ4n) is 3.74. The molecule has 1 aromatic carbocycles. The zero-order chi connectivity index (χ0) is 29.6. The molecule has 6 radical (unpaired) electrons. The highest BCUT2D eigenvalue weighted by atomic mass is 16.5. The summed E-state index contributed by atoms with van der Waals surface area (Å²) in [6.45, 7) is 0.719. The van der Waals surface area contributed by atoms with Gasteiger partial charge < -0.3 is 30.7 Å². The first-order valence-corrected chi connectivity index (χ1v) is 12.6. The summed E-state index contributed by atoms with van der Waals surface area (Å²) in [5.41, 5.74) is 1.34. The maximum absolute atomic E-state index is 12.9. The van der Waals surface area contributed by atoms with Crippen molar-refractivity contribution in [3.05, 3.63) is 36.2 Å². The summed E-state index contributed by atoms with van der Waals surface area (Å²) in [5, 5.41) is 24.8. The Balaban J connectivity index is 1.62. The van der Waals surface area contributed by atoms with E-state index in [2.05, 4.69) is 41.8 Å². The highest BCUT2D eigenvalue weighted by Crippen LogP contribution is 2.38. The third kappa shape index (κ3) is 8.07. The molecule has 2 aromatic heterocycles. The van der Waals surface area contributed by atoms with Gasteiger partial charge in [0, 0.05) is 31.2 Å². The monoisotopic (exact) mass is 553 g/mol. The highest BCUT2D eigenvalue weighted by Gasteiger charge is 2.30. The zero-order valence-electron chi connectivity index (χ0n) is 22.5. The Morgan fingerprint density at radius 3 is 2.56 bits per heavy atom. The lowest BCUT2D eigenvalue weighted by Gasteiger charge is -2.23. The van der Waals surface area contributed by atoms with Crippen molar-refractivity contribution < 1.29 is 23.9 Å². The molecule has 0 aliphatic heterocycles. The van der Waals surface area contributed by atoms with Gasteiger partial charge in [-0.25, -0.2) is 4.68 Å². The van der Waals surface area contributed by atoms with E-state index in [1.807, 2.05) is 0 Å². The number of rotatable bonds is 13. The number of methoxy groups -OCH3 is 2. The number of hydrogen-bond donors (Lipinski definition) is 4. The normalized spacial score (nSPS) is 12.8. The molecule has 41 heavy (non-hydrogen) atoms. The van der Waals surface area contributed by atoms with Crippen molar-refractivity contribution in [1.82, 2.24) is 35.8 Å². The van der Waals surface area contributed by atoms with Crippen LogP contribution >= 0.6 is 0 Å². The van der Waals surface area contributed by atoms with Crippen molar-refractivity contribution in [2.24, 2.45) is 5.92 Å². The fourth-order valence-corrected chi connectivity index (χ4v) is 3.74. The number of ether oxygens (including phenoxy) is 2. The lowest BCUT2D eigenvalue weighted by atomic mass is 9.49. The van der Waals surface area contributed by atoms with Crippen LogP contribution in [-0.2, 0) is 20.9 Å². The Morgan fingerprint density at radius 1 is 1.10 bits per heavy atom. The summed E-state index contributed by atoms with van der Waals surface area (Å²) >= 11 is 0. The second kappa shape index (κ2) is 12.8. The van der Waals surface area contributed by atoms with E-state index < -0.39 is 11.1 Å². The number of carbonyl (C=O) groups excluding carboxylic acids is 3. The van der Waals surface area contributed by atoms with Gasteiger partial charge in [0.2, 0.25) is 11.8 Å². The third-order valence-electron chi connectivity index (χ3n) is 5.78. The molecule has 1 saturated carbocycles. The summed E-state index contributed by atoms with van der Waals surface area (Å²) in [4.78, 5) is 37.3. The molecular formula is C24H26B3N9O5. The molecule has 206 valence electrons. The van der Waals surface area contributed by atoms with Crippen LogP contribution < -0.4 is 26.0 Å². The number of aromatic nitrogens is 5. The van der Waals surface area contributed by atoms with Crippen LogP contribution in [0.1, 0.15) is 23.3 Å². The van der Waals surface area contributed by atoms with Crippen LogP contribution in [0.15, 0.2) is 30.5 Å². The average molecular weight is 553 g/mol. The first-order valence-electron chi connectivity index (χ1n) is 12.6. The maximum atomic E-state index is 12.9. The molecule has 1 aliphatic carbocycles. The van der Waals surface area contributed by atoms with Gasteiger partial charge >= 0.3 is 0 Å². The van der Waals surface area contributed by atoms with Gasteiger partial charge in [0.15, 0.2) is 17.3 Å². The topological polar surface area (TPSA) is 174 Å². The molecule has 14 nitrogen and oxygen atoms in total. The van der Waals surface area contributed by atoms with Crippen LogP contribution in [0.4, 0.5) is 17.2 Å². The molecule has 1 fully saturated rings. The van der Waals surface area contributed by atoms with Crippen molar-refractivity contribution in [3.8, 4) is 17.0 Å². The number of nitrogens with one attached hydrogen (secondary N) is 4. The number of carbonyl (C=O) groups is 3. The Kier molecular flexibility index (Phi) is 9.27. The average Bonchev–Trinajstić information content (AvgIpc) is 3.67. The molecule has 0 unspecified atom stereocenters. The number of hydrogen-bond acceptors (Lipinski definition) is 10. The summed E-state index contributed by atoms with van der Waals surface area (Å²) < 4.78 is 12.0. The SMILES string of the molecule is [B]C([B])([B])NC(=O)c1nnc(NC(=O)C2CC2)cc1Nc1cccc(-c2cn(CC(=O)NCCOC)nn2)c1OC. The Morgan fingerprint density at radius 2 is 1.88 bits per heavy atom. The van der Waals surface area contributed by atoms with Crippen LogP contribution in [0.5, 0.6) is 5.75 Å². The minimum Gasteiger partial charge on any atom is -0.494 e. The van der Waals surface area contributed by atoms with Gasteiger partial charge in [-0.15, -0.1) is 15.3 Å². The van der Waals surface area contributed by atoms with Gasteiger partial charge in [-0.1, -0.05) is 16.5 Å². The number of anilines is 3. The quantitative estimate of drug-likeness (QED) is 0.159. The van der Waals surface area contributed by atoms with E-state index in [-0.39, 0.29) is 41.5 Å². The third-order valence-corrected chi connectivity index (χ3v) is 5.78. The van der Waals surface area contributed by atoms with Gasteiger partial charge in [-0.3, -0.25) is 14.4 Å². The molecule has 3 amide bonds. The van der Waals surface area contributed by atoms with E-state index in [0.29, 0.717) is 35.8 Å². The van der Waals surface area contributed by atoms with E-state index in [0.717, 1.165) is 12.8 Å². The van der Waals surface area contributed by atoms with Crippen molar-refractivity contribution in [3.63, 3.8) is 0 Å². The van der Waals surface area contributed by atoms with Gasteiger partial charge in [0.25, 0.3) is 5.91 Å². The minimum atomic E-state index is -2.01. The molecule has 0 spiro atoms. The first-order chi connectivity index (χ1) is 19.6. The van der Waals surface area contributed by atoms with Gasteiger partial charge in [0.1, 0.15) is 12.2 Å². The largest absolute Gasteiger partial charge is 0.494 e. The Bertz CT molecular complexity index is 1430. The summed E-state index contributed by atoms with van der Waals surface area (Å²) in [5.74, 6) is -0.858. The van der Waals surface area contributed by atoms with Gasteiger partial charge in [0.05, 0.1) is 54.8 Å². The smallest absolute Gasteiger partial charge is 0.272 e. The van der Waals surface area contributed by atoms with E-state index >= 15 is 0 Å². The Labute approximate surface area is 239 Å². The van der Waals surface area contributed by atoms with Gasteiger partial charge in [-0.2, -0.15) is 0 Å². The van der Waals surface area contributed by atoms with Crippen LogP contribution in [0.2, 0.25) is 0 Å². The maximum Gasteiger partial charge on any atom is 0.272 e. The number of para-hydroxylation sites is 1. The summed E-state index contributed by atoms with van der Waals surface area (Å²) in [7, 11) is 19.6. The van der Waals surface area contributed by atoms with E-state index in [4.69, 9.17) is 33.0 Å². The number of amides is 3. The molecule has 17 heteroatoms.